The number of rotatable bonds is 1. The molecule has 0 aromatic rings. The number of carbonyl (C=O) groups is 1. The van der Waals surface area contributed by atoms with E-state index < -0.39 is 0 Å². The molecule has 0 aromatic carbocycles. The van der Waals surface area contributed by atoms with Crippen molar-refractivity contribution in [1.29, 1.82) is 0 Å². The van der Waals surface area contributed by atoms with Crippen LogP contribution < -0.4 is 0 Å². The number of likely N-dealkylation sites (tertiary alicyclic amines) is 1. The van der Waals surface area contributed by atoms with Crippen LogP contribution in [-0.2, 0) is 4.79 Å². The van der Waals surface area contributed by atoms with Gasteiger partial charge in [-0.25, -0.2) is 0 Å². The molecule has 2 atom stereocenters. The zero-order chi connectivity index (χ0) is 7.56. The Morgan fingerprint density at radius 3 is 2.80 bits per heavy atom. The summed E-state index contributed by atoms with van der Waals surface area (Å²) in [5.74, 6) is 0.728. The Morgan fingerprint density at radius 1 is 1.60 bits per heavy atom. The molecular formula is C8H15NO. The van der Waals surface area contributed by atoms with E-state index in [4.69, 9.17) is 0 Å². The molecular weight excluding hydrogens is 126 g/mol. The normalized spacial score (nSPS) is 35.8. The maximum atomic E-state index is 10.5. The number of piperidine rings is 1. The fourth-order valence-corrected chi connectivity index (χ4v) is 1.46. The van der Waals surface area contributed by atoms with E-state index in [2.05, 4.69) is 11.8 Å². The third-order valence-corrected chi connectivity index (χ3v) is 2.34. The fraction of sp³-hybridized carbons (Fsp3) is 0.875. The molecule has 1 saturated heterocycles. The summed E-state index contributed by atoms with van der Waals surface area (Å²) in [7, 11) is 2.02. The SMILES string of the molecule is C[C@@H]1CCN(C)[C@H](C=O)C1. The summed E-state index contributed by atoms with van der Waals surface area (Å²) in [6, 6.07) is 0.184. The number of likely N-dealkylation sites (N-methyl/N-ethyl adjacent to an activating group) is 1. The molecule has 58 valence electrons. The van der Waals surface area contributed by atoms with Crippen molar-refractivity contribution in [1.82, 2.24) is 4.90 Å². The highest BCUT2D eigenvalue weighted by Gasteiger charge is 2.22. The van der Waals surface area contributed by atoms with E-state index in [1.807, 2.05) is 7.05 Å². The average Bonchev–Trinajstić information content (AvgIpc) is 1.94. The van der Waals surface area contributed by atoms with E-state index in [9.17, 15) is 4.79 Å². The van der Waals surface area contributed by atoms with Crippen LogP contribution in [0.4, 0.5) is 0 Å². The van der Waals surface area contributed by atoms with Gasteiger partial charge in [-0.15, -0.1) is 0 Å². The number of aldehydes is 1. The lowest BCUT2D eigenvalue weighted by atomic mass is 9.94. The highest BCUT2D eigenvalue weighted by molar-refractivity contribution is 5.57. The Kier molecular flexibility index (Phi) is 2.44. The Labute approximate surface area is 62.2 Å². The number of nitrogens with zero attached hydrogens (tertiary/aromatic N) is 1. The second-order valence-electron chi connectivity index (χ2n) is 3.31. The van der Waals surface area contributed by atoms with Crippen molar-refractivity contribution < 1.29 is 4.79 Å². The molecule has 0 aromatic heterocycles. The second-order valence-corrected chi connectivity index (χ2v) is 3.31. The van der Waals surface area contributed by atoms with Gasteiger partial charge in [0.2, 0.25) is 0 Å². The van der Waals surface area contributed by atoms with Gasteiger partial charge in [0, 0.05) is 0 Å². The number of hydrogen-bond acceptors (Lipinski definition) is 2. The van der Waals surface area contributed by atoms with Crippen molar-refractivity contribution in [3.05, 3.63) is 0 Å². The van der Waals surface area contributed by atoms with Crippen molar-refractivity contribution in [3.8, 4) is 0 Å². The van der Waals surface area contributed by atoms with Crippen LogP contribution in [0, 0.1) is 5.92 Å². The molecule has 2 heteroatoms. The minimum Gasteiger partial charge on any atom is -0.302 e. The summed E-state index contributed by atoms with van der Waals surface area (Å²) >= 11 is 0. The first-order chi connectivity index (χ1) is 4.74. The zero-order valence-electron chi connectivity index (χ0n) is 6.71. The van der Waals surface area contributed by atoms with Gasteiger partial charge < -0.3 is 4.79 Å². The van der Waals surface area contributed by atoms with Gasteiger partial charge in [-0.3, -0.25) is 4.90 Å². The van der Waals surface area contributed by atoms with Crippen LogP contribution in [0.5, 0.6) is 0 Å². The Bertz CT molecular complexity index is 124. The lowest BCUT2D eigenvalue weighted by molar-refractivity contribution is -0.113. The standard InChI is InChI=1S/C8H15NO/c1-7-3-4-9(2)8(5-7)6-10/h6-8H,3-5H2,1-2H3/t7-,8+/m1/s1. The van der Waals surface area contributed by atoms with Crippen molar-refractivity contribution in [2.45, 2.75) is 25.8 Å². The molecule has 0 saturated carbocycles. The highest BCUT2D eigenvalue weighted by Crippen LogP contribution is 2.19. The molecule has 1 fully saturated rings. The van der Waals surface area contributed by atoms with Gasteiger partial charge >= 0.3 is 0 Å². The first kappa shape index (κ1) is 7.73. The minimum absolute atomic E-state index is 0.184. The van der Waals surface area contributed by atoms with Gasteiger partial charge in [0.05, 0.1) is 6.04 Å². The summed E-state index contributed by atoms with van der Waals surface area (Å²) in [4.78, 5) is 12.6. The van der Waals surface area contributed by atoms with Crippen LogP contribution in [0.25, 0.3) is 0 Å². The molecule has 0 spiro atoms. The number of hydrogen-bond donors (Lipinski definition) is 0. The molecule has 2 nitrogen and oxygen atoms in total. The van der Waals surface area contributed by atoms with E-state index in [1.165, 1.54) is 6.42 Å². The van der Waals surface area contributed by atoms with Crippen molar-refractivity contribution in [2.24, 2.45) is 5.92 Å². The summed E-state index contributed by atoms with van der Waals surface area (Å²) < 4.78 is 0. The molecule has 1 rings (SSSR count). The van der Waals surface area contributed by atoms with E-state index in [1.54, 1.807) is 0 Å². The molecule has 0 amide bonds. The lowest BCUT2D eigenvalue weighted by Gasteiger charge is -2.32. The maximum Gasteiger partial charge on any atom is 0.137 e. The van der Waals surface area contributed by atoms with Crippen LogP contribution >= 0.6 is 0 Å². The summed E-state index contributed by atoms with van der Waals surface area (Å²) in [6.07, 6.45) is 3.34. The van der Waals surface area contributed by atoms with Gasteiger partial charge in [0.15, 0.2) is 0 Å². The van der Waals surface area contributed by atoms with E-state index in [0.717, 1.165) is 25.2 Å². The predicted octanol–water partition coefficient (Wildman–Crippen LogP) is 0.916. The first-order valence-corrected chi connectivity index (χ1v) is 3.89. The summed E-state index contributed by atoms with van der Waals surface area (Å²) in [5, 5.41) is 0. The fourth-order valence-electron chi connectivity index (χ4n) is 1.46. The molecule has 1 aliphatic rings. The molecule has 10 heavy (non-hydrogen) atoms. The van der Waals surface area contributed by atoms with Gasteiger partial charge in [-0.05, 0) is 32.4 Å². The quantitative estimate of drug-likeness (QED) is 0.506. The minimum atomic E-state index is 0.184. The second kappa shape index (κ2) is 3.15. The van der Waals surface area contributed by atoms with Crippen LogP contribution in [0.15, 0.2) is 0 Å². The van der Waals surface area contributed by atoms with Crippen LogP contribution in [0.1, 0.15) is 19.8 Å². The first-order valence-electron chi connectivity index (χ1n) is 3.89. The summed E-state index contributed by atoms with van der Waals surface area (Å²) in [6.45, 7) is 3.29. The van der Waals surface area contributed by atoms with Gasteiger partial charge in [0.25, 0.3) is 0 Å². The Morgan fingerprint density at radius 2 is 2.30 bits per heavy atom. The smallest absolute Gasteiger partial charge is 0.137 e. The van der Waals surface area contributed by atoms with E-state index in [0.29, 0.717) is 0 Å². The van der Waals surface area contributed by atoms with Gasteiger partial charge in [-0.1, -0.05) is 6.92 Å². The molecule has 0 aliphatic carbocycles. The Balaban J connectivity index is 2.45. The van der Waals surface area contributed by atoms with Crippen LogP contribution in [0.2, 0.25) is 0 Å². The zero-order valence-corrected chi connectivity index (χ0v) is 6.71. The van der Waals surface area contributed by atoms with Gasteiger partial charge in [-0.2, -0.15) is 0 Å². The van der Waals surface area contributed by atoms with Gasteiger partial charge in [0.1, 0.15) is 6.29 Å². The summed E-state index contributed by atoms with van der Waals surface area (Å²) in [5.41, 5.74) is 0. The van der Waals surface area contributed by atoms with E-state index in [-0.39, 0.29) is 6.04 Å². The molecule has 0 N–H and O–H groups in total. The van der Waals surface area contributed by atoms with Crippen LogP contribution in [-0.4, -0.2) is 30.8 Å². The molecule has 0 radical (unpaired) electrons. The topological polar surface area (TPSA) is 20.3 Å². The van der Waals surface area contributed by atoms with Crippen molar-refractivity contribution >= 4 is 6.29 Å². The maximum absolute atomic E-state index is 10.5. The largest absolute Gasteiger partial charge is 0.302 e. The molecule has 1 aliphatic heterocycles. The highest BCUT2D eigenvalue weighted by atomic mass is 16.1. The van der Waals surface area contributed by atoms with Crippen molar-refractivity contribution in [3.63, 3.8) is 0 Å². The lowest BCUT2D eigenvalue weighted by Crippen LogP contribution is -2.39. The molecule has 0 bridgehead atoms. The monoisotopic (exact) mass is 141 g/mol. The third-order valence-electron chi connectivity index (χ3n) is 2.34. The molecule has 1 heterocycles. The van der Waals surface area contributed by atoms with Crippen LogP contribution in [0.3, 0.4) is 0 Å². The average molecular weight is 141 g/mol. The van der Waals surface area contributed by atoms with E-state index >= 15 is 0 Å². The molecule has 0 unspecified atom stereocenters. The number of carbonyl (C=O) groups excluding carboxylic acids is 1. The van der Waals surface area contributed by atoms with Crippen molar-refractivity contribution in [2.75, 3.05) is 13.6 Å². The Hall–Kier alpha value is -0.370. The predicted molar refractivity (Wildman–Crippen MR) is 40.9 cm³/mol. The third kappa shape index (κ3) is 1.57.